The van der Waals surface area contributed by atoms with Crippen LogP contribution >= 0.6 is 27.5 Å². The van der Waals surface area contributed by atoms with Crippen LogP contribution in [-0.4, -0.2) is 25.5 Å². The average molecular weight is 451 g/mol. The van der Waals surface area contributed by atoms with Crippen molar-refractivity contribution in [3.05, 3.63) is 62.5 Å². The molecule has 0 saturated carbocycles. The molecule has 3 aromatic rings. The summed E-state index contributed by atoms with van der Waals surface area (Å²) < 4.78 is 4.30. The van der Waals surface area contributed by atoms with E-state index in [4.69, 9.17) is 11.6 Å². The van der Waals surface area contributed by atoms with Gasteiger partial charge in [-0.2, -0.15) is 10.2 Å². The molecular formula is C19H21BrClN5O. The average Bonchev–Trinajstić information content (AvgIpc) is 3.09. The molecular weight excluding hydrogens is 430 g/mol. The minimum Gasteiger partial charge on any atom is -0.308 e. The van der Waals surface area contributed by atoms with E-state index in [-0.39, 0.29) is 12.3 Å². The number of carbonyl (C=O) groups excluding carboxylic acids is 1. The van der Waals surface area contributed by atoms with Crippen LogP contribution in [0.5, 0.6) is 0 Å². The van der Waals surface area contributed by atoms with Gasteiger partial charge in [0.15, 0.2) is 5.82 Å². The maximum absolute atomic E-state index is 12.3. The molecule has 0 aliphatic rings. The van der Waals surface area contributed by atoms with Crippen LogP contribution in [0.2, 0.25) is 5.02 Å². The highest BCUT2D eigenvalue weighted by Gasteiger charge is 2.13. The first-order chi connectivity index (χ1) is 12.8. The maximum Gasteiger partial charge on any atom is 0.227 e. The van der Waals surface area contributed by atoms with E-state index in [0.717, 1.165) is 21.4 Å². The van der Waals surface area contributed by atoms with E-state index >= 15 is 0 Å². The Balaban J connectivity index is 1.60. The number of hydrogen-bond acceptors (Lipinski definition) is 3. The Hall–Kier alpha value is -2.12. The van der Waals surface area contributed by atoms with Gasteiger partial charge in [0.2, 0.25) is 5.91 Å². The fourth-order valence-corrected chi connectivity index (χ4v) is 3.29. The van der Waals surface area contributed by atoms with Crippen molar-refractivity contribution in [1.82, 2.24) is 19.6 Å². The van der Waals surface area contributed by atoms with Gasteiger partial charge in [-0.15, -0.1) is 0 Å². The molecule has 1 N–H and O–H groups in total. The van der Waals surface area contributed by atoms with Crippen molar-refractivity contribution >= 4 is 39.3 Å². The zero-order valence-corrected chi connectivity index (χ0v) is 17.8. The van der Waals surface area contributed by atoms with E-state index in [0.29, 0.717) is 23.9 Å². The Bertz CT molecular complexity index is 961. The van der Waals surface area contributed by atoms with Gasteiger partial charge in [-0.1, -0.05) is 41.4 Å². The molecule has 0 bridgehead atoms. The normalized spacial score (nSPS) is 11.0. The van der Waals surface area contributed by atoms with Gasteiger partial charge in [0.1, 0.15) is 0 Å². The SMILES string of the molecule is Cc1ccc(Cn2cc(Br)c(NC(=O)CCn3nc(C)c(Cl)c3C)n2)cc1. The lowest BCUT2D eigenvalue weighted by atomic mass is 10.1. The fourth-order valence-electron chi connectivity index (χ4n) is 2.74. The van der Waals surface area contributed by atoms with Gasteiger partial charge >= 0.3 is 0 Å². The van der Waals surface area contributed by atoms with E-state index in [1.54, 1.807) is 9.36 Å². The van der Waals surface area contributed by atoms with Crippen LogP contribution in [0.1, 0.15) is 28.9 Å². The molecule has 0 unspecified atom stereocenters. The summed E-state index contributed by atoms with van der Waals surface area (Å²) >= 11 is 9.60. The van der Waals surface area contributed by atoms with Crippen LogP contribution in [0, 0.1) is 20.8 Å². The number of benzene rings is 1. The molecule has 2 heterocycles. The first-order valence-electron chi connectivity index (χ1n) is 8.61. The molecule has 0 spiro atoms. The van der Waals surface area contributed by atoms with Gasteiger partial charge < -0.3 is 5.32 Å². The van der Waals surface area contributed by atoms with Crippen LogP contribution in [0.4, 0.5) is 5.82 Å². The van der Waals surface area contributed by atoms with E-state index < -0.39 is 0 Å². The zero-order valence-electron chi connectivity index (χ0n) is 15.5. The topological polar surface area (TPSA) is 64.7 Å². The summed E-state index contributed by atoms with van der Waals surface area (Å²) in [6.45, 7) is 6.90. The van der Waals surface area contributed by atoms with Crippen molar-refractivity contribution in [3.8, 4) is 0 Å². The largest absolute Gasteiger partial charge is 0.308 e. The number of halogens is 2. The third-order valence-corrected chi connectivity index (χ3v) is 5.41. The number of aromatic nitrogens is 4. The van der Waals surface area contributed by atoms with Gasteiger partial charge in [-0.25, -0.2) is 0 Å². The molecule has 2 aromatic heterocycles. The second-order valence-electron chi connectivity index (χ2n) is 6.51. The number of nitrogens with zero attached hydrogens (tertiary/aromatic N) is 4. The molecule has 142 valence electrons. The first-order valence-corrected chi connectivity index (χ1v) is 9.78. The van der Waals surface area contributed by atoms with Gasteiger partial charge in [0.25, 0.3) is 0 Å². The molecule has 0 fully saturated rings. The Morgan fingerprint density at radius 2 is 1.89 bits per heavy atom. The number of amides is 1. The molecule has 1 amide bonds. The lowest BCUT2D eigenvalue weighted by Gasteiger charge is -2.05. The highest BCUT2D eigenvalue weighted by Crippen LogP contribution is 2.22. The van der Waals surface area contributed by atoms with E-state index in [1.807, 2.05) is 20.0 Å². The number of carbonyl (C=O) groups is 1. The molecule has 8 heteroatoms. The predicted molar refractivity (Wildman–Crippen MR) is 110 cm³/mol. The number of nitrogens with one attached hydrogen (secondary N) is 1. The van der Waals surface area contributed by atoms with Gasteiger partial charge in [-0.05, 0) is 42.3 Å². The second-order valence-corrected chi connectivity index (χ2v) is 7.75. The van der Waals surface area contributed by atoms with Gasteiger partial charge in [0, 0.05) is 12.6 Å². The fraction of sp³-hybridized carbons (Fsp3) is 0.316. The maximum atomic E-state index is 12.3. The summed E-state index contributed by atoms with van der Waals surface area (Å²) in [5, 5.41) is 12.3. The molecule has 6 nitrogen and oxygen atoms in total. The molecule has 0 aliphatic carbocycles. The van der Waals surface area contributed by atoms with E-state index in [9.17, 15) is 4.79 Å². The van der Waals surface area contributed by atoms with Crippen LogP contribution in [0.3, 0.4) is 0 Å². The molecule has 0 saturated heterocycles. The zero-order chi connectivity index (χ0) is 19.6. The second kappa shape index (κ2) is 8.27. The third kappa shape index (κ3) is 4.78. The molecule has 0 atom stereocenters. The van der Waals surface area contributed by atoms with Gasteiger partial charge in [0.05, 0.1) is 34.0 Å². The standard InChI is InChI=1S/C19H21BrClN5O/c1-12-4-6-15(7-5-12)10-25-11-16(20)19(24-25)22-17(27)8-9-26-14(3)18(21)13(2)23-26/h4-7,11H,8-10H2,1-3H3,(H,22,24,27). The lowest BCUT2D eigenvalue weighted by Crippen LogP contribution is -2.16. The van der Waals surface area contributed by atoms with Crippen LogP contribution in [0.25, 0.3) is 0 Å². The predicted octanol–water partition coefficient (Wildman–Crippen LogP) is 4.50. The van der Waals surface area contributed by atoms with Crippen LogP contribution < -0.4 is 5.32 Å². The van der Waals surface area contributed by atoms with Crippen molar-refractivity contribution in [1.29, 1.82) is 0 Å². The molecule has 27 heavy (non-hydrogen) atoms. The first kappa shape index (κ1) is 19.6. The van der Waals surface area contributed by atoms with Crippen molar-refractivity contribution in [2.75, 3.05) is 5.32 Å². The summed E-state index contributed by atoms with van der Waals surface area (Å²) in [4.78, 5) is 12.3. The molecule has 0 aliphatic heterocycles. The number of hydrogen-bond donors (Lipinski definition) is 1. The van der Waals surface area contributed by atoms with Crippen molar-refractivity contribution in [2.45, 2.75) is 40.3 Å². The van der Waals surface area contributed by atoms with Crippen LogP contribution in [-0.2, 0) is 17.9 Å². The summed E-state index contributed by atoms with van der Waals surface area (Å²) in [7, 11) is 0. The Labute approximate surface area is 171 Å². The highest BCUT2D eigenvalue weighted by atomic mass is 79.9. The van der Waals surface area contributed by atoms with E-state index in [1.165, 1.54) is 5.56 Å². The van der Waals surface area contributed by atoms with Crippen LogP contribution in [0.15, 0.2) is 34.9 Å². The summed E-state index contributed by atoms with van der Waals surface area (Å²) in [6, 6.07) is 8.29. The Kier molecular flexibility index (Phi) is 6.01. The van der Waals surface area contributed by atoms with Crippen molar-refractivity contribution in [2.24, 2.45) is 0 Å². The monoisotopic (exact) mass is 449 g/mol. The minimum atomic E-state index is -0.125. The van der Waals surface area contributed by atoms with Crippen molar-refractivity contribution in [3.63, 3.8) is 0 Å². The number of aryl methyl sites for hydroxylation is 3. The highest BCUT2D eigenvalue weighted by molar-refractivity contribution is 9.10. The summed E-state index contributed by atoms with van der Waals surface area (Å²) in [5.41, 5.74) is 4.00. The minimum absolute atomic E-state index is 0.125. The third-order valence-electron chi connectivity index (χ3n) is 4.28. The number of rotatable bonds is 6. The van der Waals surface area contributed by atoms with E-state index in [2.05, 4.69) is 62.6 Å². The Morgan fingerprint density at radius 1 is 1.19 bits per heavy atom. The smallest absolute Gasteiger partial charge is 0.227 e. The Morgan fingerprint density at radius 3 is 2.52 bits per heavy atom. The molecule has 0 radical (unpaired) electrons. The summed E-state index contributed by atoms with van der Waals surface area (Å²) in [5.74, 6) is 0.387. The van der Waals surface area contributed by atoms with Gasteiger partial charge in [-0.3, -0.25) is 14.2 Å². The summed E-state index contributed by atoms with van der Waals surface area (Å²) in [6.07, 6.45) is 2.14. The van der Waals surface area contributed by atoms with Crippen molar-refractivity contribution < 1.29 is 4.79 Å². The quantitative estimate of drug-likeness (QED) is 0.601. The lowest BCUT2D eigenvalue weighted by molar-refractivity contribution is -0.116. The molecule has 1 aromatic carbocycles. The molecule has 3 rings (SSSR count). The number of anilines is 1.